The number of rotatable bonds is 4. The second-order valence-electron chi connectivity index (χ2n) is 3.33. The van der Waals surface area contributed by atoms with Crippen molar-refractivity contribution in [1.29, 1.82) is 0 Å². The molecule has 0 heterocycles. The van der Waals surface area contributed by atoms with E-state index < -0.39 is 0 Å². The Morgan fingerprint density at radius 3 is 1.82 bits per heavy atom. The van der Waals surface area contributed by atoms with E-state index in [2.05, 4.69) is 13.8 Å². The van der Waals surface area contributed by atoms with Crippen molar-refractivity contribution >= 4 is 0 Å². The first kappa shape index (κ1) is 13.8. The maximum absolute atomic E-state index is 9.55. The van der Waals surface area contributed by atoms with Gasteiger partial charge in [-0.25, -0.2) is 5.21 Å². The Balaban J connectivity index is 0. The van der Waals surface area contributed by atoms with E-state index in [4.69, 9.17) is 0 Å². The van der Waals surface area contributed by atoms with Crippen LogP contribution in [0, 0.1) is 0 Å². The molecule has 0 rings (SSSR count). The van der Waals surface area contributed by atoms with Crippen molar-refractivity contribution in [2.24, 2.45) is 0 Å². The van der Waals surface area contributed by atoms with Gasteiger partial charge in [0, 0.05) is 6.42 Å². The van der Waals surface area contributed by atoms with Crippen LogP contribution in [0.3, 0.4) is 0 Å². The Bertz CT molecular complexity index is 90.6. The molecule has 1 N–H and O–H groups in total. The molecule has 70 valence electrons. The first-order chi connectivity index (χ1) is 4.52. The molecule has 0 aliphatic rings. The summed E-state index contributed by atoms with van der Waals surface area (Å²) >= 11 is 0. The molecule has 0 aliphatic heterocycles. The molecule has 0 aromatic rings. The lowest BCUT2D eigenvalue weighted by Gasteiger charge is -2.29. The fourth-order valence-corrected chi connectivity index (χ4v) is 1.30. The lowest BCUT2D eigenvalue weighted by atomic mass is 10.1. The van der Waals surface area contributed by atoms with Crippen LogP contribution >= 0.6 is 0 Å². The SMILES string of the molecule is CCCC(CC)[N+](C)(C)O.[Cl-]. The minimum absolute atomic E-state index is 0. The van der Waals surface area contributed by atoms with Gasteiger partial charge in [0.2, 0.25) is 0 Å². The van der Waals surface area contributed by atoms with E-state index in [0.29, 0.717) is 6.04 Å². The van der Waals surface area contributed by atoms with Gasteiger partial charge in [-0.05, 0) is 6.42 Å². The summed E-state index contributed by atoms with van der Waals surface area (Å²) in [7, 11) is 3.67. The zero-order valence-electron chi connectivity index (χ0n) is 7.97. The van der Waals surface area contributed by atoms with Crippen molar-refractivity contribution in [3.05, 3.63) is 0 Å². The molecule has 0 spiro atoms. The number of halogens is 1. The van der Waals surface area contributed by atoms with Crippen LogP contribution < -0.4 is 12.4 Å². The zero-order chi connectivity index (χ0) is 8.20. The van der Waals surface area contributed by atoms with Crippen LogP contribution in [-0.4, -0.2) is 30.0 Å². The third-order valence-corrected chi connectivity index (χ3v) is 1.99. The largest absolute Gasteiger partial charge is 1.00 e. The predicted octanol–water partition coefficient (Wildman–Crippen LogP) is -0.965. The minimum Gasteiger partial charge on any atom is -1.00 e. The molecule has 0 aromatic carbocycles. The van der Waals surface area contributed by atoms with Crippen molar-refractivity contribution in [2.45, 2.75) is 39.2 Å². The molecule has 1 atom stereocenters. The van der Waals surface area contributed by atoms with Crippen LogP contribution in [0.25, 0.3) is 0 Å². The Labute approximate surface area is 76.2 Å². The number of quaternary nitrogens is 1. The maximum Gasteiger partial charge on any atom is 0.118 e. The van der Waals surface area contributed by atoms with Gasteiger partial charge in [0.1, 0.15) is 6.04 Å². The summed E-state index contributed by atoms with van der Waals surface area (Å²) in [6, 6.07) is 0.407. The highest BCUT2D eigenvalue weighted by Crippen LogP contribution is 2.12. The molecule has 0 radical (unpaired) electrons. The highest BCUT2D eigenvalue weighted by Gasteiger charge is 2.23. The monoisotopic (exact) mass is 181 g/mol. The van der Waals surface area contributed by atoms with E-state index in [-0.39, 0.29) is 17.1 Å². The van der Waals surface area contributed by atoms with Crippen molar-refractivity contribution in [3.63, 3.8) is 0 Å². The molecular weight excluding hydrogens is 162 g/mol. The second-order valence-corrected chi connectivity index (χ2v) is 3.33. The Hall–Kier alpha value is 0.210. The van der Waals surface area contributed by atoms with Gasteiger partial charge in [0.25, 0.3) is 0 Å². The summed E-state index contributed by atoms with van der Waals surface area (Å²) in [4.78, 5) is 0. The van der Waals surface area contributed by atoms with Gasteiger partial charge in [-0.15, -0.1) is 0 Å². The number of hydroxylamine groups is 3. The van der Waals surface area contributed by atoms with Crippen LogP contribution in [0.2, 0.25) is 0 Å². The topological polar surface area (TPSA) is 20.2 Å². The molecule has 0 aromatic heterocycles. The highest BCUT2D eigenvalue weighted by molar-refractivity contribution is 4.51. The Kier molecular flexibility index (Phi) is 7.28. The summed E-state index contributed by atoms with van der Waals surface area (Å²) in [5.74, 6) is 0. The summed E-state index contributed by atoms with van der Waals surface area (Å²) < 4.78 is 0.115. The summed E-state index contributed by atoms with van der Waals surface area (Å²) in [6.07, 6.45) is 3.32. The minimum atomic E-state index is 0. The Morgan fingerprint density at radius 1 is 1.27 bits per heavy atom. The van der Waals surface area contributed by atoms with Crippen molar-refractivity contribution < 1.29 is 22.3 Å². The van der Waals surface area contributed by atoms with E-state index in [1.807, 2.05) is 14.1 Å². The van der Waals surface area contributed by atoms with Crippen LogP contribution in [0.15, 0.2) is 0 Å². The highest BCUT2D eigenvalue weighted by atomic mass is 35.5. The van der Waals surface area contributed by atoms with E-state index in [9.17, 15) is 5.21 Å². The van der Waals surface area contributed by atoms with Gasteiger partial charge in [0.05, 0.1) is 14.1 Å². The first-order valence-corrected chi connectivity index (χ1v) is 4.08. The second kappa shape index (κ2) is 5.81. The van der Waals surface area contributed by atoms with E-state index in [0.717, 1.165) is 19.3 Å². The summed E-state index contributed by atoms with van der Waals surface area (Å²) in [5, 5.41) is 9.55. The Morgan fingerprint density at radius 2 is 1.73 bits per heavy atom. The molecule has 1 unspecified atom stereocenters. The fourth-order valence-electron chi connectivity index (χ4n) is 1.30. The van der Waals surface area contributed by atoms with Gasteiger partial charge < -0.3 is 12.4 Å². The van der Waals surface area contributed by atoms with Crippen LogP contribution in [-0.2, 0) is 0 Å². The maximum atomic E-state index is 9.55. The molecule has 11 heavy (non-hydrogen) atoms. The molecule has 0 bridgehead atoms. The average molecular weight is 182 g/mol. The molecule has 3 heteroatoms. The number of nitrogens with zero attached hydrogens (tertiary/aromatic N) is 1. The molecule has 0 aliphatic carbocycles. The first-order valence-electron chi connectivity index (χ1n) is 4.08. The lowest BCUT2D eigenvalue weighted by Crippen LogP contribution is -3.00. The fraction of sp³-hybridized carbons (Fsp3) is 1.00. The average Bonchev–Trinajstić information content (AvgIpc) is 1.80. The molecule has 0 saturated heterocycles. The van der Waals surface area contributed by atoms with E-state index in [1.165, 1.54) is 0 Å². The van der Waals surface area contributed by atoms with E-state index in [1.54, 1.807) is 0 Å². The molecule has 2 nitrogen and oxygen atoms in total. The van der Waals surface area contributed by atoms with Crippen LogP contribution in [0.5, 0.6) is 0 Å². The molecular formula is C8H20ClNO. The third kappa shape index (κ3) is 5.48. The predicted molar refractivity (Wildman–Crippen MR) is 42.9 cm³/mol. The lowest BCUT2D eigenvalue weighted by molar-refractivity contribution is -1.09. The van der Waals surface area contributed by atoms with Gasteiger partial charge in [-0.1, -0.05) is 20.3 Å². The number of hydrogen-bond acceptors (Lipinski definition) is 1. The molecule has 0 amide bonds. The standard InChI is InChI=1S/C8H20NO.ClH/c1-5-7-8(6-2)9(3,4)10;/h8,10H,5-7H2,1-4H3;1H/q+1;/p-1. The van der Waals surface area contributed by atoms with Crippen molar-refractivity contribution in [1.82, 2.24) is 0 Å². The van der Waals surface area contributed by atoms with Gasteiger partial charge in [-0.2, -0.15) is 4.65 Å². The van der Waals surface area contributed by atoms with Crippen LogP contribution in [0.4, 0.5) is 0 Å². The zero-order valence-corrected chi connectivity index (χ0v) is 8.73. The molecule has 0 fully saturated rings. The summed E-state index contributed by atoms with van der Waals surface area (Å²) in [6.45, 7) is 4.27. The normalized spacial score (nSPS) is 13.9. The van der Waals surface area contributed by atoms with Gasteiger partial charge >= 0.3 is 0 Å². The third-order valence-electron chi connectivity index (χ3n) is 1.99. The van der Waals surface area contributed by atoms with Gasteiger partial charge in [0.15, 0.2) is 0 Å². The van der Waals surface area contributed by atoms with Crippen molar-refractivity contribution in [2.75, 3.05) is 14.1 Å². The van der Waals surface area contributed by atoms with Crippen LogP contribution in [0.1, 0.15) is 33.1 Å². The number of hydrogen-bond donors (Lipinski definition) is 1. The summed E-state index contributed by atoms with van der Waals surface area (Å²) in [5.41, 5.74) is 0. The van der Waals surface area contributed by atoms with Crippen molar-refractivity contribution in [3.8, 4) is 0 Å². The van der Waals surface area contributed by atoms with E-state index >= 15 is 0 Å². The van der Waals surface area contributed by atoms with Gasteiger partial charge in [-0.3, -0.25) is 0 Å². The smallest absolute Gasteiger partial charge is 0.118 e. The quantitative estimate of drug-likeness (QED) is 0.438. The molecule has 0 saturated carbocycles.